The number of hydrogen-bond acceptors (Lipinski definition) is 4. The molecule has 1 N–H and O–H groups in total. The molecule has 0 saturated heterocycles. The fourth-order valence-corrected chi connectivity index (χ4v) is 3.54. The van der Waals surface area contributed by atoms with E-state index >= 15 is 0 Å². The lowest BCUT2D eigenvalue weighted by Crippen LogP contribution is -2.40. The Balaban J connectivity index is 1.72. The Morgan fingerprint density at radius 1 is 1.03 bits per heavy atom. The number of ether oxygens (including phenoxy) is 1. The van der Waals surface area contributed by atoms with Crippen LogP contribution in [0.3, 0.4) is 0 Å². The number of rotatable bonds is 11. The number of aromatic nitrogens is 2. The minimum atomic E-state index is 0.103. The van der Waals surface area contributed by atoms with Crippen molar-refractivity contribution < 1.29 is 9.84 Å². The predicted molar refractivity (Wildman–Crippen MR) is 118 cm³/mol. The molecule has 0 aliphatic rings. The first-order chi connectivity index (χ1) is 14.2. The van der Waals surface area contributed by atoms with Crippen molar-refractivity contribution in [3.8, 4) is 22.8 Å². The standard InChI is InChI=1S/C24H33N3O2/c1-4-7-15-26(16-8-5-2)23(6-3)29-20-13-11-19(12-14-20)21-18-27-17-9-10-22(28)24(27)25-21/h9-14,17-18,23,28H,4-8,15-16H2,1-3H3. The number of unbranched alkanes of at least 4 members (excludes halogenated alkanes) is 2. The lowest BCUT2D eigenvalue weighted by Gasteiger charge is -2.31. The van der Waals surface area contributed by atoms with Crippen LogP contribution in [0.1, 0.15) is 52.9 Å². The van der Waals surface area contributed by atoms with Crippen molar-refractivity contribution in [2.75, 3.05) is 13.1 Å². The molecule has 5 nitrogen and oxygen atoms in total. The van der Waals surface area contributed by atoms with Gasteiger partial charge in [0.25, 0.3) is 0 Å². The van der Waals surface area contributed by atoms with Crippen LogP contribution >= 0.6 is 0 Å². The fraction of sp³-hybridized carbons (Fsp3) is 0.458. The highest BCUT2D eigenvalue weighted by Crippen LogP contribution is 2.26. The van der Waals surface area contributed by atoms with E-state index in [-0.39, 0.29) is 12.0 Å². The van der Waals surface area contributed by atoms with Gasteiger partial charge in [-0.3, -0.25) is 4.90 Å². The van der Waals surface area contributed by atoms with E-state index in [1.54, 1.807) is 12.1 Å². The van der Waals surface area contributed by atoms with Crippen LogP contribution in [0.4, 0.5) is 0 Å². The molecular weight excluding hydrogens is 362 g/mol. The molecule has 0 fully saturated rings. The fourth-order valence-electron chi connectivity index (χ4n) is 3.54. The smallest absolute Gasteiger partial charge is 0.180 e. The summed E-state index contributed by atoms with van der Waals surface area (Å²) in [6, 6.07) is 11.5. The van der Waals surface area contributed by atoms with Crippen molar-refractivity contribution in [1.29, 1.82) is 0 Å². The van der Waals surface area contributed by atoms with Crippen molar-refractivity contribution >= 4 is 5.65 Å². The first-order valence-corrected chi connectivity index (χ1v) is 10.8. The minimum Gasteiger partial charge on any atom is -0.504 e. The molecule has 3 aromatic rings. The Kier molecular flexibility index (Phi) is 7.53. The Morgan fingerprint density at radius 3 is 2.31 bits per heavy atom. The molecule has 0 aliphatic heterocycles. The Labute approximate surface area is 174 Å². The molecule has 1 aromatic carbocycles. The van der Waals surface area contributed by atoms with Gasteiger partial charge in [-0.05, 0) is 55.7 Å². The highest BCUT2D eigenvalue weighted by atomic mass is 16.5. The molecule has 0 bridgehead atoms. The van der Waals surface area contributed by atoms with Gasteiger partial charge < -0.3 is 14.2 Å². The van der Waals surface area contributed by atoms with Crippen molar-refractivity contribution in [2.24, 2.45) is 0 Å². The van der Waals surface area contributed by atoms with Crippen LogP contribution in [0.2, 0.25) is 0 Å². The van der Waals surface area contributed by atoms with Crippen LogP contribution in [-0.4, -0.2) is 38.7 Å². The molecule has 5 heteroatoms. The average molecular weight is 396 g/mol. The van der Waals surface area contributed by atoms with Gasteiger partial charge in [-0.25, -0.2) is 4.98 Å². The molecule has 1 unspecified atom stereocenters. The molecule has 0 saturated carbocycles. The van der Waals surface area contributed by atoms with E-state index in [0.29, 0.717) is 5.65 Å². The normalized spacial score (nSPS) is 12.6. The monoisotopic (exact) mass is 395 g/mol. The third kappa shape index (κ3) is 5.30. The number of pyridine rings is 1. The Hall–Kier alpha value is -2.53. The molecule has 29 heavy (non-hydrogen) atoms. The largest absolute Gasteiger partial charge is 0.504 e. The third-order valence-electron chi connectivity index (χ3n) is 5.24. The molecule has 0 spiro atoms. The summed E-state index contributed by atoms with van der Waals surface area (Å²) in [6.45, 7) is 8.82. The number of hydrogen-bond donors (Lipinski definition) is 1. The first-order valence-electron chi connectivity index (χ1n) is 10.8. The van der Waals surface area contributed by atoms with Crippen LogP contribution in [0.25, 0.3) is 16.9 Å². The van der Waals surface area contributed by atoms with E-state index in [2.05, 4.69) is 30.7 Å². The molecule has 2 heterocycles. The van der Waals surface area contributed by atoms with E-state index in [9.17, 15) is 5.11 Å². The molecular formula is C24H33N3O2. The summed E-state index contributed by atoms with van der Waals surface area (Å²) in [5, 5.41) is 9.97. The molecule has 156 valence electrons. The van der Waals surface area contributed by atoms with E-state index in [4.69, 9.17) is 4.74 Å². The summed E-state index contributed by atoms with van der Waals surface area (Å²) < 4.78 is 8.18. The van der Waals surface area contributed by atoms with Gasteiger partial charge in [0.1, 0.15) is 5.75 Å². The van der Waals surface area contributed by atoms with Crippen LogP contribution in [0.15, 0.2) is 48.8 Å². The molecule has 3 rings (SSSR count). The SMILES string of the molecule is CCCCN(CCCC)C(CC)Oc1ccc(-c2cn3cccc(O)c3n2)cc1. The summed E-state index contributed by atoms with van der Waals surface area (Å²) in [7, 11) is 0. The Morgan fingerprint density at radius 2 is 1.72 bits per heavy atom. The van der Waals surface area contributed by atoms with Gasteiger partial charge in [0.15, 0.2) is 17.6 Å². The number of aromatic hydroxyl groups is 1. The number of fused-ring (bicyclic) bond motifs is 1. The molecule has 0 aliphatic carbocycles. The average Bonchev–Trinajstić information content (AvgIpc) is 3.19. The highest BCUT2D eigenvalue weighted by Gasteiger charge is 2.18. The van der Waals surface area contributed by atoms with E-state index in [1.807, 2.05) is 41.1 Å². The number of benzene rings is 1. The zero-order chi connectivity index (χ0) is 20.6. The predicted octanol–water partition coefficient (Wildman–Crippen LogP) is 5.72. The van der Waals surface area contributed by atoms with E-state index in [1.165, 1.54) is 25.7 Å². The second-order valence-corrected chi connectivity index (χ2v) is 7.50. The van der Waals surface area contributed by atoms with Gasteiger partial charge in [-0.2, -0.15) is 0 Å². The quantitative estimate of drug-likeness (QED) is 0.422. The lowest BCUT2D eigenvalue weighted by molar-refractivity contribution is 0.0202. The molecule has 2 aromatic heterocycles. The second-order valence-electron chi connectivity index (χ2n) is 7.50. The zero-order valence-corrected chi connectivity index (χ0v) is 17.8. The van der Waals surface area contributed by atoms with Crippen molar-refractivity contribution in [1.82, 2.24) is 14.3 Å². The summed E-state index contributed by atoms with van der Waals surface area (Å²) in [6.07, 6.45) is 9.66. The van der Waals surface area contributed by atoms with Crippen molar-refractivity contribution in [2.45, 2.75) is 59.1 Å². The molecule has 0 radical (unpaired) electrons. The molecule has 1 atom stereocenters. The maximum Gasteiger partial charge on any atom is 0.180 e. The number of nitrogens with zero attached hydrogens (tertiary/aromatic N) is 3. The maximum absolute atomic E-state index is 9.97. The Bertz CT molecular complexity index is 881. The zero-order valence-electron chi connectivity index (χ0n) is 17.8. The van der Waals surface area contributed by atoms with Gasteiger partial charge in [0.2, 0.25) is 0 Å². The second kappa shape index (κ2) is 10.3. The summed E-state index contributed by atoms with van der Waals surface area (Å²) in [5.74, 6) is 1.06. The van der Waals surface area contributed by atoms with Gasteiger partial charge in [-0.15, -0.1) is 0 Å². The van der Waals surface area contributed by atoms with Crippen molar-refractivity contribution in [3.63, 3.8) is 0 Å². The van der Waals surface area contributed by atoms with Gasteiger partial charge >= 0.3 is 0 Å². The van der Waals surface area contributed by atoms with Gasteiger partial charge in [-0.1, -0.05) is 33.6 Å². The van der Waals surface area contributed by atoms with Crippen LogP contribution < -0.4 is 4.74 Å². The molecule has 0 amide bonds. The highest BCUT2D eigenvalue weighted by molar-refractivity contribution is 5.66. The maximum atomic E-state index is 9.97. The van der Waals surface area contributed by atoms with Gasteiger partial charge in [0.05, 0.1) is 5.69 Å². The minimum absolute atomic E-state index is 0.103. The van der Waals surface area contributed by atoms with E-state index < -0.39 is 0 Å². The summed E-state index contributed by atoms with van der Waals surface area (Å²) in [4.78, 5) is 7.03. The van der Waals surface area contributed by atoms with Crippen molar-refractivity contribution in [3.05, 3.63) is 48.8 Å². The summed E-state index contributed by atoms with van der Waals surface area (Å²) in [5.41, 5.74) is 2.40. The lowest BCUT2D eigenvalue weighted by atomic mass is 10.1. The third-order valence-corrected chi connectivity index (χ3v) is 5.24. The first kappa shape index (κ1) is 21.2. The topological polar surface area (TPSA) is 50.0 Å². The van der Waals surface area contributed by atoms with Crippen LogP contribution in [0.5, 0.6) is 11.5 Å². The van der Waals surface area contributed by atoms with Crippen LogP contribution in [-0.2, 0) is 0 Å². The summed E-state index contributed by atoms with van der Waals surface area (Å²) >= 11 is 0. The number of imidazole rings is 1. The van der Waals surface area contributed by atoms with Crippen LogP contribution in [0, 0.1) is 0 Å². The van der Waals surface area contributed by atoms with E-state index in [0.717, 1.165) is 36.5 Å². The van der Waals surface area contributed by atoms with Gasteiger partial charge in [0, 0.05) is 31.0 Å².